The Labute approximate surface area is 231 Å². The number of thioether (sulfide) groups is 1. The van der Waals surface area contributed by atoms with Crippen molar-refractivity contribution in [2.24, 2.45) is 0 Å². The first-order valence-electron chi connectivity index (χ1n) is 11.9. The Morgan fingerprint density at radius 2 is 1.78 bits per heavy atom. The molecule has 4 rings (SSSR count). The highest BCUT2D eigenvalue weighted by Crippen LogP contribution is 2.29. The summed E-state index contributed by atoms with van der Waals surface area (Å²) in [4.78, 5) is 12.3. The summed E-state index contributed by atoms with van der Waals surface area (Å²) in [6, 6.07) is 21.5. The van der Waals surface area contributed by atoms with E-state index in [0.717, 1.165) is 39.3 Å². The molecule has 0 aliphatic carbocycles. The van der Waals surface area contributed by atoms with Crippen molar-refractivity contribution in [2.75, 3.05) is 19.4 Å². The summed E-state index contributed by atoms with van der Waals surface area (Å²) in [6.07, 6.45) is 1.81. The molecule has 3 aromatic carbocycles. The number of aromatic nitrogens is 3. The Kier molecular flexibility index (Phi) is 9.50. The van der Waals surface area contributed by atoms with Crippen LogP contribution in [0, 0.1) is 6.92 Å². The monoisotopic (exact) mass is 554 g/mol. The average Bonchev–Trinajstić information content (AvgIpc) is 3.32. The lowest BCUT2D eigenvalue weighted by Gasteiger charge is -2.11. The Hall–Kier alpha value is -3.00. The van der Waals surface area contributed by atoms with Crippen LogP contribution in [-0.4, -0.2) is 40.1 Å². The van der Waals surface area contributed by atoms with Crippen LogP contribution in [0.15, 0.2) is 71.9 Å². The summed E-state index contributed by atoms with van der Waals surface area (Å²) < 4.78 is 7.36. The topological polar surface area (TPSA) is 69.0 Å². The van der Waals surface area contributed by atoms with Gasteiger partial charge < -0.3 is 10.1 Å². The van der Waals surface area contributed by atoms with Crippen molar-refractivity contribution < 1.29 is 9.53 Å². The molecule has 0 spiro atoms. The fraction of sp³-hybridized carbons (Fsp3) is 0.250. The Morgan fingerprint density at radius 1 is 1.03 bits per heavy atom. The number of hydrogen-bond acceptors (Lipinski definition) is 5. The fourth-order valence-electron chi connectivity index (χ4n) is 3.76. The quantitative estimate of drug-likeness (QED) is 0.163. The van der Waals surface area contributed by atoms with E-state index < -0.39 is 0 Å². The second-order valence-electron chi connectivity index (χ2n) is 8.49. The second-order valence-corrected chi connectivity index (χ2v) is 10.4. The number of carbonyl (C=O) groups excluding carboxylic acids is 1. The van der Waals surface area contributed by atoms with Gasteiger partial charge in [-0.3, -0.25) is 9.36 Å². The zero-order valence-corrected chi connectivity index (χ0v) is 23.0. The van der Waals surface area contributed by atoms with Crippen molar-refractivity contribution in [3.05, 3.63) is 87.9 Å². The maximum atomic E-state index is 12.3. The van der Waals surface area contributed by atoms with Crippen LogP contribution in [0.2, 0.25) is 10.0 Å². The molecule has 1 aromatic heterocycles. The smallest absolute Gasteiger partial charge is 0.220 e. The number of nitrogens with one attached hydrogen (secondary N) is 1. The van der Waals surface area contributed by atoms with Crippen LogP contribution >= 0.6 is 35.0 Å². The van der Waals surface area contributed by atoms with Crippen molar-refractivity contribution in [1.82, 2.24) is 20.1 Å². The van der Waals surface area contributed by atoms with Gasteiger partial charge in [0.2, 0.25) is 5.91 Å². The number of hydrogen-bond donors (Lipinski definition) is 1. The van der Waals surface area contributed by atoms with Gasteiger partial charge in [0.25, 0.3) is 0 Å². The Morgan fingerprint density at radius 3 is 2.49 bits per heavy atom. The van der Waals surface area contributed by atoms with E-state index in [9.17, 15) is 4.79 Å². The van der Waals surface area contributed by atoms with Crippen LogP contribution in [0.3, 0.4) is 0 Å². The van der Waals surface area contributed by atoms with Crippen molar-refractivity contribution >= 4 is 40.9 Å². The molecule has 0 fully saturated rings. The van der Waals surface area contributed by atoms with Gasteiger partial charge in [-0.2, -0.15) is 0 Å². The zero-order chi connectivity index (χ0) is 26.2. The van der Waals surface area contributed by atoms with Crippen molar-refractivity contribution in [3.63, 3.8) is 0 Å². The van der Waals surface area contributed by atoms with E-state index in [2.05, 4.69) is 46.7 Å². The SMILES string of the molecule is COc1ccc(-n2c(SCCCC(=O)NCCc3ccc(Cl)cc3Cl)nnc2-c2ccc(C)cc2)cc1. The maximum Gasteiger partial charge on any atom is 0.220 e. The molecule has 6 nitrogen and oxygen atoms in total. The molecule has 0 aliphatic rings. The number of rotatable bonds is 11. The molecule has 0 radical (unpaired) electrons. The molecule has 4 aromatic rings. The molecule has 1 heterocycles. The minimum absolute atomic E-state index is 0.0163. The van der Waals surface area contributed by atoms with Gasteiger partial charge in [-0.05, 0) is 61.7 Å². The molecule has 0 atom stereocenters. The summed E-state index contributed by atoms with van der Waals surface area (Å²) >= 11 is 13.7. The molecule has 0 saturated carbocycles. The Bertz CT molecular complexity index is 1340. The zero-order valence-electron chi connectivity index (χ0n) is 20.7. The molecule has 1 N–H and O–H groups in total. The van der Waals surface area contributed by atoms with E-state index >= 15 is 0 Å². The fourth-order valence-corrected chi connectivity index (χ4v) is 5.16. The van der Waals surface area contributed by atoms with Gasteiger partial charge in [-0.1, -0.05) is 70.9 Å². The highest BCUT2D eigenvalue weighted by Gasteiger charge is 2.16. The third kappa shape index (κ3) is 7.28. The average molecular weight is 556 g/mol. The third-order valence-electron chi connectivity index (χ3n) is 5.78. The van der Waals surface area contributed by atoms with Crippen LogP contribution in [0.4, 0.5) is 0 Å². The summed E-state index contributed by atoms with van der Waals surface area (Å²) in [6.45, 7) is 2.58. The highest BCUT2D eigenvalue weighted by atomic mass is 35.5. The number of carbonyl (C=O) groups is 1. The standard InChI is InChI=1S/C28H28Cl2N4O2S/c1-19-5-7-21(8-6-19)27-32-33-28(34(27)23-11-13-24(36-2)14-12-23)37-17-3-4-26(35)31-16-15-20-9-10-22(29)18-25(20)30/h5-14,18H,3-4,15-17H2,1-2H3,(H,31,35). The number of aryl methyl sites for hydroxylation is 1. The maximum absolute atomic E-state index is 12.3. The van der Waals surface area contributed by atoms with Crippen molar-refractivity contribution in [2.45, 2.75) is 31.3 Å². The second kappa shape index (κ2) is 13.0. The molecule has 0 bridgehead atoms. The van der Waals surface area contributed by atoms with Gasteiger partial charge in [0, 0.05) is 40.0 Å². The van der Waals surface area contributed by atoms with E-state index in [4.69, 9.17) is 27.9 Å². The van der Waals surface area contributed by atoms with E-state index in [0.29, 0.717) is 35.9 Å². The lowest BCUT2D eigenvalue weighted by Crippen LogP contribution is -2.25. The number of nitrogens with zero attached hydrogens (tertiary/aromatic N) is 3. The number of methoxy groups -OCH3 is 1. The molecule has 37 heavy (non-hydrogen) atoms. The van der Waals surface area contributed by atoms with E-state index in [1.54, 1.807) is 31.0 Å². The van der Waals surface area contributed by atoms with Gasteiger partial charge in [-0.15, -0.1) is 10.2 Å². The molecule has 0 unspecified atom stereocenters. The van der Waals surface area contributed by atoms with Crippen molar-refractivity contribution in [3.8, 4) is 22.8 Å². The minimum atomic E-state index is 0.0163. The van der Waals surface area contributed by atoms with Gasteiger partial charge in [0.05, 0.1) is 7.11 Å². The lowest BCUT2D eigenvalue weighted by atomic mass is 10.1. The first kappa shape index (κ1) is 27.0. The molecule has 0 aliphatic heterocycles. The van der Waals surface area contributed by atoms with Crippen molar-refractivity contribution in [1.29, 1.82) is 0 Å². The minimum Gasteiger partial charge on any atom is -0.497 e. The predicted molar refractivity (Wildman–Crippen MR) is 151 cm³/mol. The Balaban J connectivity index is 1.35. The van der Waals surface area contributed by atoms with Gasteiger partial charge in [-0.25, -0.2) is 0 Å². The molecular weight excluding hydrogens is 527 g/mol. The first-order valence-corrected chi connectivity index (χ1v) is 13.7. The summed E-state index contributed by atoms with van der Waals surface area (Å²) in [5.41, 5.74) is 4.08. The molecule has 1 amide bonds. The number of halogens is 2. The third-order valence-corrected chi connectivity index (χ3v) is 7.39. The van der Waals surface area contributed by atoms with Gasteiger partial charge in [0.15, 0.2) is 11.0 Å². The van der Waals surface area contributed by atoms with E-state index in [1.807, 2.05) is 34.9 Å². The van der Waals surface area contributed by atoms with Crippen LogP contribution in [0.5, 0.6) is 5.75 Å². The molecule has 9 heteroatoms. The van der Waals surface area contributed by atoms with E-state index in [1.165, 1.54) is 5.56 Å². The first-order chi connectivity index (χ1) is 17.9. The number of ether oxygens (including phenoxy) is 1. The van der Waals surface area contributed by atoms with Crippen LogP contribution < -0.4 is 10.1 Å². The highest BCUT2D eigenvalue weighted by molar-refractivity contribution is 7.99. The lowest BCUT2D eigenvalue weighted by molar-refractivity contribution is -0.121. The number of benzene rings is 3. The predicted octanol–water partition coefficient (Wildman–Crippen LogP) is 6.79. The summed E-state index contributed by atoms with van der Waals surface area (Å²) in [5.74, 6) is 2.31. The molecular formula is C28H28Cl2N4O2S. The van der Waals surface area contributed by atoms with Crippen LogP contribution in [0.25, 0.3) is 17.1 Å². The molecule has 0 saturated heterocycles. The van der Waals surface area contributed by atoms with E-state index in [-0.39, 0.29) is 5.91 Å². The largest absolute Gasteiger partial charge is 0.497 e. The van der Waals surface area contributed by atoms with Crippen LogP contribution in [-0.2, 0) is 11.2 Å². The van der Waals surface area contributed by atoms with Gasteiger partial charge in [0.1, 0.15) is 5.75 Å². The summed E-state index contributed by atoms with van der Waals surface area (Å²) in [7, 11) is 1.65. The molecule has 192 valence electrons. The van der Waals surface area contributed by atoms with Crippen LogP contribution in [0.1, 0.15) is 24.0 Å². The number of amides is 1. The summed E-state index contributed by atoms with van der Waals surface area (Å²) in [5, 5.41) is 13.9. The normalized spacial score (nSPS) is 10.9. The van der Waals surface area contributed by atoms with Gasteiger partial charge >= 0.3 is 0 Å².